The molecule has 3 amide bonds. The van der Waals surface area contributed by atoms with E-state index in [1.54, 1.807) is 16.9 Å². The molecule has 0 aromatic heterocycles. The third kappa shape index (κ3) is 4.86. The van der Waals surface area contributed by atoms with Crippen molar-refractivity contribution in [1.82, 2.24) is 15.1 Å². The Morgan fingerprint density at radius 1 is 1.12 bits per heavy atom. The van der Waals surface area contributed by atoms with Crippen LogP contribution in [0.15, 0.2) is 24.3 Å². The highest BCUT2D eigenvalue weighted by molar-refractivity contribution is 6.00. The number of rotatable bonds is 4. The monoisotopic (exact) mass is 471 g/mol. The standard InChI is InChI=1S/C26H37N3O5/c1-25(2,3)34-24(32)28-15-14-26(17-28)23(31)27-21(19-8-6-5-7-9-19)22(30)29(26)16-18-10-12-20(33-4)13-11-18/h10-13,19,21H,5-9,14-17H2,1-4H3,(H,27,31)/t21-,26+/m1/s1. The maximum absolute atomic E-state index is 13.9. The molecule has 4 rings (SSSR count). The fraction of sp³-hybridized carbons (Fsp3) is 0.654. The summed E-state index contributed by atoms with van der Waals surface area (Å²) in [5, 5.41) is 3.08. The van der Waals surface area contributed by atoms with Gasteiger partial charge in [-0.2, -0.15) is 0 Å². The highest BCUT2D eigenvalue weighted by Gasteiger charge is 2.57. The van der Waals surface area contributed by atoms with Crippen molar-refractivity contribution in [2.45, 2.75) is 83.0 Å². The van der Waals surface area contributed by atoms with Crippen molar-refractivity contribution in [2.75, 3.05) is 20.2 Å². The molecule has 0 unspecified atom stereocenters. The maximum atomic E-state index is 13.9. The smallest absolute Gasteiger partial charge is 0.410 e. The maximum Gasteiger partial charge on any atom is 0.410 e. The van der Waals surface area contributed by atoms with E-state index in [0.717, 1.165) is 37.0 Å². The molecule has 3 fully saturated rings. The number of hydrogen-bond donors (Lipinski definition) is 1. The second kappa shape index (κ2) is 9.47. The van der Waals surface area contributed by atoms with E-state index in [1.807, 2.05) is 45.0 Å². The topological polar surface area (TPSA) is 88.2 Å². The van der Waals surface area contributed by atoms with Gasteiger partial charge in [0, 0.05) is 13.1 Å². The number of methoxy groups -OCH3 is 1. The summed E-state index contributed by atoms with van der Waals surface area (Å²) in [5.41, 5.74) is -0.813. The Hall–Kier alpha value is -2.77. The van der Waals surface area contributed by atoms with Crippen LogP contribution in [0.1, 0.15) is 64.9 Å². The Morgan fingerprint density at radius 3 is 2.41 bits per heavy atom. The molecule has 1 spiro atoms. The second-order valence-corrected chi connectivity index (χ2v) is 10.8. The van der Waals surface area contributed by atoms with E-state index in [-0.39, 0.29) is 24.3 Å². The third-order valence-electron chi connectivity index (χ3n) is 7.28. The number of benzene rings is 1. The van der Waals surface area contributed by atoms with E-state index in [0.29, 0.717) is 19.5 Å². The summed E-state index contributed by atoms with van der Waals surface area (Å²) >= 11 is 0. The van der Waals surface area contributed by atoms with E-state index in [1.165, 1.54) is 6.42 Å². The number of likely N-dealkylation sites (tertiary alicyclic amines) is 1. The van der Waals surface area contributed by atoms with Gasteiger partial charge >= 0.3 is 6.09 Å². The normalized spacial score (nSPS) is 26.1. The van der Waals surface area contributed by atoms with Gasteiger partial charge < -0.3 is 24.6 Å². The fourth-order valence-electron chi connectivity index (χ4n) is 5.45. The lowest BCUT2D eigenvalue weighted by Crippen LogP contribution is -2.72. The first-order chi connectivity index (χ1) is 16.1. The van der Waals surface area contributed by atoms with Gasteiger partial charge in [0.05, 0.1) is 13.7 Å². The molecule has 2 heterocycles. The molecule has 2 aliphatic heterocycles. The van der Waals surface area contributed by atoms with E-state index >= 15 is 0 Å². The van der Waals surface area contributed by atoms with Crippen molar-refractivity contribution >= 4 is 17.9 Å². The highest BCUT2D eigenvalue weighted by Crippen LogP contribution is 2.37. The average Bonchev–Trinajstić information content (AvgIpc) is 3.26. The fourth-order valence-corrected chi connectivity index (χ4v) is 5.45. The van der Waals surface area contributed by atoms with Gasteiger partial charge in [-0.25, -0.2) is 4.79 Å². The molecule has 1 aromatic rings. The van der Waals surface area contributed by atoms with Crippen LogP contribution in [0.5, 0.6) is 5.75 Å². The molecule has 1 saturated carbocycles. The number of nitrogens with one attached hydrogen (secondary N) is 1. The van der Waals surface area contributed by atoms with Crippen molar-refractivity contribution in [3.8, 4) is 5.75 Å². The number of piperazine rings is 1. The lowest BCUT2D eigenvalue weighted by Gasteiger charge is -2.48. The summed E-state index contributed by atoms with van der Waals surface area (Å²) in [7, 11) is 1.61. The zero-order chi connectivity index (χ0) is 24.5. The van der Waals surface area contributed by atoms with Crippen molar-refractivity contribution in [3.05, 3.63) is 29.8 Å². The molecule has 8 heteroatoms. The molecular weight excluding hydrogens is 434 g/mol. The van der Waals surface area contributed by atoms with Crippen LogP contribution < -0.4 is 10.1 Å². The Morgan fingerprint density at radius 2 is 1.79 bits per heavy atom. The molecule has 0 bridgehead atoms. The zero-order valence-corrected chi connectivity index (χ0v) is 20.8. The lowest BCUT2D eigenvalue weighted by molar-refractivity contribution is -0.159. The van der Waals surface area contributed by atoms with E-state index < -0.39 is 23.3 Å². The van der Waals surface area contributed by atoms with Crippen molar-refractivity contribution in [1.29, 1.82) is 0 Å². The minimum Gasteiger partial charge on any atom is -0.497 e. The molecule has 2 atom stereocenters. The van der Waals surface area contributed by atoms with Crippen molar-refractivity contribution < 1.29 is 23.9 Å². The molecular formula is C26H37N3O5. The first kappa shape index (κ1) is 24.4. The van der Waals surface area contributed by atoms with Crippen LogP contribution in [0.25, 0.3) is 0 Å². The molecule has 8 nitrogen and oxygen atoms in total. The van der Waals surface area contributed by atoms with E-state index in [4.69, 9.17) is 9.47 Å². The SMILES string of the molecule is COc1ccc(CN2C(=O)[C@@H](C3CCCCC3)NC(=O)[C@@]23CCN(C(=O)OC(C)(C)C)C3)cc1. The largest absolute Gasteiger partial charge is 0.497 e. The van der Waals surface area contributed by atoms with Crippen LogP contribution in [0.4, 0.5) is 4.79 Å². The number of carbonyl (C=O) groups is 3. The molecule has 186 valence electrons. The second-order valence-electron chi connectivity index (χ2n) is 10.8. The first-order valence-electron chi connectivity index (χ1n) is 12.4. The summed E-state index contributed by atoms with van der Waals surface area (Å²) in [6.45, 7) is 6.26. The summed E-state index contributed by atoms with van der Waals surface area (Å²) < 4.78 is 10.8. The van der Waals surface area contributed by atoms with Crippen LogP contribution in [-0.2, 0) is 20.9 Å². The number of carbonyl (C=O) groups excluding carboxylic acids is 3. The van der Waals surface area contributed by atoms with Gasteiger partial charge in [-0.15, -0.1) is 0 Å². The molecule has 34 heavy (non-hydrogen) atoms. The molecule has 3 aliphatic rings. The summed E-state index contributed by atoms with van der Waals surface area (Å²) in [6.07, 6.45) is 5.17. The minimum absolute atomic E-state index is 0.0478. The van der Waals surface area contributed by atoms with E-state index in [9.17, 15) is 14.4 Å². The predicted molar refractivity (Wildman–Crippen MR) is 127 cm³/mol. The number of nitrogens with zero attached hydrogens (tertiary/aromatic N) is 2. The Labute approximate surface area is 201 Å². The summed E-state index contributed by atoms with van der Waals surface area (Å²) in [4.78, 5) is 43.6. The molecule has 0 radical (unpaired) electrons. The number of hydrogen-bond acceptors (Lipinski definition) is 5. The average molecular weight is 472 g/mol. The lowest BCUT2D eigenvalue weighted by atomic mass is 9.80. The van der Waals surface area contributed by atoms with Crippen LogP contribution in [0, 0.1) is 5.92 Å². The third-order valence-corrected chi connectivity index (χ3v) is 7.28. The Kier molecular flexibility index (Phi) is 6.78. The number of amides is 3. The molecule has 1 N–H and O–H groups in total. The van der Waals surface area contributed by atoms with E-state index in [2.05, 4.69) is 5.32 Å². The Balaban J connectivity index is 1.62. The van der Waals surface area contributed by atoms with Gasteiger partial charge in [0.1, 0.15) is 22.9 Å². The molecule has 1 aliphatic carbocycles. The van der Waals surface area contributed by atoms with Gasteiger partial charge in [0.25, 0.3) is 0 Å². The van der Waals surface area contributed by atoms with Crippen LogP contribution >= 0.6 is 0 Å². The van der Waals surface area contributed by atoms with Crippen molar-refractivity contribution in [2.24, 2.45) is 5.92 Å². The van der Waals surface area contributed by atoms with Crippen LogP contribution in [0.2, 0.25) is 0 Å². The van der Waals surface area contributed by atoms with Gasteiger partial charge in [-0.1, -0.05) is 31.4 Å². The molecule has 1 aromatic carbocycles. The van der Waals surface area contributed by atoms with Gasteiger partial charge in [-0.05, 0) is 63.6 Å². The molecule has 2 saturated heterocycles. The predicted octanol–water partition coefficient (Wildman–Crippen LogP) is 3.48. The zero-order valence-electron chi connectivity index (χ0n) is 20.8. The first-order valence-corrected chi connectivity index (χ1v) is 12.4. The van der Waals surface area contributed by atoms with Gasteiger partial charge in [0.15, 0.2) is 0 Å². The van der Waals surface area contributed by atoms with Crippen molar-refractivity contribution in [3.63, 3.8) is 0 Å². The summed E-state index contributed by atoms with van der Waals surface area (Å²) in [6, 6.07) is 7.05. The quantitative estimate of drug-likeness (QED) is 0.726. The summed E-state index contributed by atoms with van der Waals surface area (Å²) in [5.74, 6) is 0.679. The van der Waals surface area contributed by atoms with Gasteiger partial charge in [0.2, 0.25) is 11.8 Å². The van der Waals surface area contributed by atoms with Crippen LogP contribution in [0.3, 0.4) is 0 Å². The number of ether oxygens (including phenoxy) is 2. The minimum atomic E-state index is -1.10. The van der Waals surface area contributed by atoms with Crippen LogP contribution in [-0.4, -0.2) is 65.1 Å². The Bertz CT molecular complexity index is 919. The highest BCUT2D eigenvalue weighted by atomic mass is 16.6. The van der Waals surface area contributed by atoms with Gasteiger partial charge in [-0.3, -0.25) is 9.59 Å².